The second-order valence-electron chi connectivity index (χ2n) is 5.22. The summed E-state index contributed by atoms with van der Waals surface area (Å²) >= 11 is 0. The van der Waals surface area contributed by atoms with Crippen LogP contribution in [0.5, 0.6) is 5.75 Å². The van der Waals surface area contributed by atoms with E-state index in [9.17, 15) is 16.8 Å². The number of ether oxygens (including phenoxy) is 1. The summed E-state index contributed by atoms with van der Waals surface area (Å²) in [7, 11) is -6.35. The van der Waals surface area contributed by atoms with Gasteiger partial charge in [-0.2, -0.15) is 12.7 Å². The number of hydrogen-bond acceptors (Lipinski definition) is 6. The molecule has 0 amide bonds. The predicted octanol–water partition coefficient (Wildman–Crippen LogP) is 0.459. The molecule has 2 rings (SSSR count). The zero-order valence-electron chi connectivity index (χ0n) is 12.7. The minimum absolute atomic E-state index is 0.126. The highest BCUT2D eigenvalue weighted by Crippen LogP contribution is 2.26. The smallest absolute Gasteiger partial charge is 0.333 e. The van der Waals surface area contributed by atoms with Crippen molar-refractivity contribution in [3.8, 4) is 5.75 Å². The van der Waals surface area contributed by atoms with Crippen LogP contribution < -0.4 is 9.88 Å². The molecule has 1 fully saturated rings. The molecule has 8 nitrogen and oxygen atoms in total. The molecule has 10 heteroatoms. The van der Waals surface area contributed by atoms with Crippen LogP contribution in [0, 0.1) is 0 Å². The summed E-state index contributed by atoms with van der Waals surface area (Å²) in [5, 5.41) is 4.82. The van der Waals surface area contributed by atoms with Crippen molar-refractivity contribution in [1.82, 2.24) is 4.31 Å². The molecular weight excluding hydrogens is 344 g/mol. The third-order valence-corrected chi connectivity index (χ3v) is 6.09. The summed E-state index contributed by atoms with van der Waals surface area (Å²) in [5.41, 5.74) is 0. The Morgan fingerprint density at radius 1 is 1.17 bits per heavy atom. The van der Waals surface area contributed by atoms with Crippen molar-refractivity contribution in [3.05, 3.63) is 24.3 Å². The summed E-state index contributed by atoms with van der Waals surface area (Å²) in [6, 6.07) is 5.48. The van der Waals surface area contributed by atoms with Crippen LogP contribution in [0.25, 0.3) is 0 Å². The number of nitrogens with two attached hydrogens (primary N) is 1. The molecule has 23 heavy (non-hydrogen) atoms. The van der Waals surface area contributed by atoms with Gasteiger partial charge in [-0.3, -0.25) is 4.18 Å². The maximum atomic E-state index is 12.8. The lowest BCUT2D eigenvalue weighted by atomic mass is 10.1. The van der Waals surface area contributed by atoms with Crippen molar-refractivity contribution in [2.24, 2.45) is 5.14 Å². The first-order valence-corrected chi connectivity index (χ1v) is 9.98. The monoisotopic (exact) mass is 364 g/mol. The standard InChI is InChI=1S/C13H20N2O6S2/c1-20-12-5-7-13(8-6-12)22(16,17)15-9-3-2-4-11(15)10-21-23(14,18)19/h5-8,11H,2-4,9-10H2,1H3,(H2,14,18,19). The molecular formula is C13H20N2O6S2. The first-order chi connectivity index (χ1) is 10.7. The van der Waals surface area contributed by atoms with Gasteiger partial charge in [-0.15, -0.1) is 0 Å². The van der Waals surface area contributed by atoms with Crippen LogP contribution in [0.4, 0.5) is 0 Å². The van der Waals surface area contributed by atoms with Crippen LogP contribution in [0.15, 0.2) is 29.2 Å². The van der Waals surface area contributed by atoms with Gasteiger partial charge in [0.05, 0.1) is 24.7 Å². The topological polar surface area (TPSA) is 116 Å². The summed E-state index contributed by atoms with van der Waals surface area (Å²) in [6.07, 6.45) is 2.03. The number of sulfonamides is 1. The maximum absolute atomic E-state index is 12.8. The van der Waals surface area contributed by atoms with Crippen molar-refractivity contribution < 1.29 is 25.8 Å². The highest BCUT2D eigenvalue weighted by atomic mass is 32.2. The Morgan fingerprint density at radius 2 is 1.83 bits per heavy atom. The highest BCUT2D eigenvalue weighted by Gasteiger charge is 2.34. The Labute approximate surface area is 136 Å². The molecule has 0 aromatic heterocycles. The number of rotatable bonds is 6. The molecule has 1 atom stereocenters. The van der Waals surface area contributed by atoms with Gasteiger partial charge < -0.3 is 4.74 Å². The van der Waals surface area contributed by atoms with Crippen molar-refractivity contribution in [3.63, 3.8) is 0 Å². The first-order valence-electron chi connectivity index (χ1n) is 7.07. The number of hydrogen-bond donors (Lipinski definition) is 1. The summed E-state index contributed by atoms with van der Waals surface area (Å²) in [4.78, 5) is 0.126. The molecule has 1 aromatic carbocycles. The quantitative estimate of drug-likeness (QED) is 0.784. The van der Waals surface area contributed by atoms with E-state index >= 15 is 0 Å². The lowest BCUT2D eigenvalue weighted by molar-refractivity contribution is 0.173. The van der Waals surface area contributed by atoms with Crippen LogP contribution in [0.1, 0.15) is 19.3 Å². The van der Waals surface area contributed by atoms with Crippen LogP contribution >= 0.6 is 0 Å². The summed E-state index contributed by atoms with van der Waals surface area (Å²) < 4.78 is 58.3. The van der Waals surface area contributed by atoms with E-state index in [0.29, 0.717) is 25.1 Å². The Hall–Kier alpha value is -1.20. The molecule has 1 aliphatic heterocycles. The van der Waals surface area contributed by atoms with E-state index in [1.165, 1.54) is 23.5 Å². The van der Waals surface area contributed by atoms with Crippen molar-refractivity contribution >= 4 is 20.3 Å². The van der Waals surface area contributed by atoms with Crippen LogP contribution in [-0.4, -0.2) is 47.4 Å². The van der Waals surface area contributed by atoms with Crippen molar-refractivity contribution in [1.29, 1.82) is 0 Å². The molecule has 0 spiro atoms. The third kappa shape index (κ3) is 4.64. The second kappa shape index (κ2) is 7.14. The fraction of sp³-hybridized carbons (Fsp3) is 0.538. The number of benzene rings is 1. The van der Waals surface area contributed by atoms with Crippen molar-refractivity contribution in [2.45, 2.75) is 30.2 Å². The van der Waals surface area contributed by atoms with E-state index < -0.39 is 26.4 Å². The predicted molar refractivity (Wildman–Crippen MR) is 83.6 cm³/mol. The van der Waals surface area contributed by atoms with Gasteiger partial charge in [0.1, 0.15) is 5.75 Å². The van der Waals surface area contributed by atoms with E-state index in [1.54, 1.807) is 12.1 Å². The third-order valence-electron chi connectivity index (χ3n) is 3.66. The fourth-order valence-corrected chi connectivity index (χ4v) is 4.54. The minimum Gasteiger partial charge on any atom is -0.497 e. The van der Waals surface area contributed by atoms with Gasteiger partial charge in [0, 0.05) is 6.54 Å². The Morgan fingerprint density at radius 3 is 2.39 bits per heavy atom. The summed E-state index contributed by atoms with van der Waals surface area (Å²) in [5.74, 6) is 0.553. The van der Waals surface area contributed by atoms with Crippen molar-refractivity contribution in [2.75, 3.05) is 20.3 Å². The molecule has 2 N–H and O–H groups in total. The number of piperidine rings is 1. The molecule has 1 aliphatic rings. The largest absolute Gasteiger partial charge is 0.497 e. The number of methoxy groups -OCH3 is 1. The average molecular weight is 364 g/mol. The van der Waals surface area contributed by atoms with E-state index in [-0.39, 0.29) is 11.5 Å². The van der Waals surface area contributed by atoms with E-state index in [1.807, 2.05) is 0 Å². The van der Waals surface area contributed by atoms with E-state index in [4.69, 9.17) is 9.88 Å². The van der Waals surface area contributed by atoms with Crippen LogP contribution in [0.3, 0.4) is 0 Å². The average Bonchev–Trinajstić information content (AvgIpc) is 2.52. The Bertz CT molecular complexity index is 730. The molecule has 0 bridgehead atoms. The van der Waals surface area contributed by atoms with Gasteiger partial charge >= 0.3 is 10.3 Å². The second-order valence-corrected chi connectivity index (χ2v) is 8.33. The van der Waals surface area contributed by atoms with E-state index in [2.05, 4.69) is 4.18 Å². The van der Waals surface area contributed by atoms with Gasteiger partial charge in [0.2, 0.25) is 10.0 Å². The SMILES string of the molecule is COc1ccc(S(=O)(=O)N2CCCCC2COS(N)(=O)=O)cc1. The molecule has 0 aliphatic carbocycles. The van der Waals surface area contributed by atoms with Gasteiger partial charge in [0.15, 0.2) is 0 Å². The van der Waals surface area contributed by atoms with Gasteiger partial charge in [0.25, 0.3) is 0 Å². The van der Waals surface area contributed by atoms with E-state index in [0.717, 1.165) is 6.42 Å². The maximum Gasteiger partial charge on any atom is 0.333 e. The first kappa shape index (κ1) is 18.1. The minimum atomic E-state index is -4.10. The lowest BCUT2D eigenvalue weighted by Crippen LogP contribution is -2.46. The molecule has 1 aromatic rings. The molecule has 0 saturated carbocycles. The molecule has 1 unspecified atom stereocenters. The zero-order chi connectivity index (χ0) is 17.1. The molecule has 0 radical (unpaired) electrons. The highest BCUT2D eigenvalue weighted by molar-refractivity contribution is 7.89. The van der Waals surface area contributed by atoms with Crippen LogP contribution in [0.2, 0.25) is 0 Å². The van der Waals surface area contributed by atoms with Gasteiger partial charge in [-0.25, -0.2) is 13.6 Å². The Balaban J connectivity index is 2.23. The zero-order valence-corrected chi connectivity index (χ0v) is 14.3. The number of nitrogens with zero attached hydrogens (tertiary/aromatic N) is 1. The van der Waals surface area contributed by atoms with Gasteiger partial charge in [-0.1, -0.05) is 6.42 Å². The van der Waals surface area contributed by atoms with Crippen LogP contribution in [-0.2, 0) is 24.5 Å². The molecule has 1 heterocycles. The fourth-order valence-electron chi connectivity index (χ4n) is 2.51. The molecule has 1 saturated heterocycles. The van der Waals surface area contributed by atoms with Gasteiger partial charge in [-0.05, 0) is 37.1 Å². The normalized spacial score (nSPS) is 20.3. The summed E-state index contributed by atoms with van der Waals surface area (Å²) in [6.45, 7) is 0.0290. The lowest BCUT2D eigenvalue weighted by Gasteiger charge is -2.34. The molecule has 130 valence electrons. The Kier molecular flexibility index (Phi) is 5.63.